The smallest absolute Gasteiger partial charge is 0.334 e. The summed E-state index contributed by atoms with van der Waals surface area (Å²) in [5.41, 5.74) is -4.29. The molecule has 0 unspecified atom stereocenters. The predicted octanol–water partition coefficient (Wildman–Crippen LogP) is 9.31. The summed E-state index contributed by atoms with van der Waals surface area (Å²) in [7, 11) is 0. The van der Waals surface area contributed by atoms with Crippen LogP contribution in [-0.2, 0) is 75.4 Å². The second-order valence-corrected chi connectivity index (χ2v) is 18.4. The third kappa shape index (κ3) is 8.03. The summed E-state index contributed by atoms with van der Waals surface area (Å²) in [4.78, 5) is 69.7. The molecule has 0 saturated carbocycles. The van der Waals surface area contributed by atoms with Crippen LogP contribution in [0.15, 0.2) is 143 Å². The van der Waals surface area contributed by atoms with Gasteiger partial charge in [0.25, 0.3) is 0 Å². The minimum atomic E-state index is -2.51. The molecule has 7 aromatic rings. The van der Waals surface area contributed by atoms with Gasteiger partial charge in [-0.1, -0.05) is 121 Å². The molecule has 0 radical (unpaired) electrons. The maximum atomic E-state index is 15.1. The van der Waals surface area contributed by atoms with Crippen molar-refractivity contribution in [3.8, 4) is 24.3 Å². The molecular weight excluding hydrogens is 933 g/mol. The molecule has 0 N–H and O–H groups in total. The van der Waals surface area contributed by atoms with Gasteiger partial charge in [0, 0.05) is 20.9 Å². The number of nitriles is 4. The van der Waals surface area contributed by atoms with E-state index in [1.807, 2.05) is 0 Å². The Morgan fingerprint density at radius 1 is 0.420 bits per heavy atom. The second-order valence-electron chi connectivity index (χ2n) is 15.3. The van der Waals surface area contributed by atoms with Gasteiger partial charge in [-0.05, 0) is 34.4 Å². The Morgan fingerprint density at radius 3 is 0.957 bits per heavy atom. The van der Waals surface area contributed by atoms with Crippen LogP contribution < -0.4 is 0 Å². The summed E-state index contributed by atoms with van der Waals surface area (Å²) in [6.07, 6.45) is 2.90. The summed E-state index contributed by atoms with van der Waals surface area (Å²) < 4.78 is 25.7. The van der Waals surface area contributed by atoms with Gasteiger partial charge >= 0.3 is 23.9 Å². The molecule has 14 nitrogen and oxygen atoms in total. The van der Waals surface area contributed by atoms with E-state index in [0.717, 1.165) is 11.3 Å². The zero-order valence-corrected chi connectivity index (χ0v) is 38.2. The fourth-order valence-electron chi connectivity index (χ4n) is 8.04. The predicted molar refractivity (Wildman–Crippen MR) is 257 cm³/mol. The highest BCUT2D eigenvalue weighted by Crippen LogP contribution is 2.60. The minimum absolute atomic E-state index is 0.0964. The van der Waals surface area contributed by atoms with E-state index >= 15 is 19.2 Å². The van der Waals surface area contributed by atoms with Crippen LogP contribution in [-0.4, -0.2) is 35.3 Å². The quantitative estimate of drug-likeness (QED) is 0.0430. The largest absolute Gasteiger partial charge is 0.459 e. The highest BCUT2D eigenvalue weighted by molar-refractivity contribution is 7.39. The van der Waals surface area contributed by atoms with Gasteiger partial charge in [-0.15, -0.1) is 34.0 Å². The van der Waals surface area contributed by atoms with Crippen LogP contribution in [0.3, 0.4) is 0 Å². The van der Waals surface area contributed by atoms with Gasteiger partial charge in [0.15, 0.2) is 0 Å². The van der Waals surface area contributed by atoms with Crippen molar-refractivity contribution in [2.45, 2.75) is 37.3 Å². The minimum Gasteiger partial charge on any atom is -0.459 e. The number of fused-ring (bicyclic) bond motifs is 7. The van der Waals surface area contributed by atoms with Crippen LogP contribution in [0.4, 0.5) is 0 Å². The van der Waals surface area contributed by atoms with E-state index in [1.165, 1.54) is 34.8 Å². The normalized spacial score (nSPS) is 13.4. The molecule has 0 fully saturated rings. The molecule has 9 rings (SSSR count). The molecule has 2 aliphatic rings. The molecule has 4 aromatic carbocycles. The van der Waals surface area contributed by atoms with Crippen molar-refractivity contribution in [2.24, 2.45) is 9.98 Å². The van der Waals surface area contributed by atoms with E-state index in [0.29, 0.717) is 50.8 Å². The van der Waals surface area contributed by atoms with E-state index in [-0.39, 0.29) is 48.9 Å². The summed E-state index contributed by atoms with van der Waals surface area (Å²) in [6, 6.07) is 41.9. The van der Waals surface area contributed by atoms with E-state index in [9.17, 15) is 21.0 Å². The van der Waals surface area contributed by atoms with E-state index in [2.05, 4.69) is 9.98 Å². The molecule has 0 bridgehead atoms. The Balaban J connectivity index is 1.27. The van der Waals surface area contributed by atoms with Crippen LogP contribution in [0.25, 0.3) is 31.0 Å². The lowest BCUT2D eigenvalue weighted by Gasteiger charge is -2.27. The average molecular weight is 963 g/mol. The molecule has 3 heterocycles. The van der Waals surface area contributed by atoms with E-state index < -0.39 is 46.1 Å². The standard InChI is InChI=1S/C52H30N6O8S3/c53-23-35(24-54)57-39-21-37-41(51(39,47(59)63-27-31-13-5-1-6-14-31)48(60)64-28-32-15-7-2-8-16-32)43-45(67-37)46-44(69-43)42-38(68-46)22-40(58-36(25-55)26-56)52(42,49(61)65-29-33-17-9-3-10-18-33)50(62)66-30-34-19-11-4-12-20-34/h1-22H,27-30H2. The lowest BCUT2D eigenvalue weighted by molar-refractivity contribution is -0.166. The molecule has 17 heteroatoms. The topological polar surface area (TPSA) is 225 Å². The zero-order valence-electron chi connectivity index (χ0n) is 35.7. The van der Waals surface area contributed by atoms with Crippen LogP contribution >= 0.6 is 34.0 Å². The van der Waals surface area contributed by atoms with Gasteiger partial charge in [-0.25, -0.2) is 9.98 Å². The number of hydrogen-bond donors (Lipinski definition) is 0. The maximum Gasteiger partial charge on any atom is 0.334 e. The average Bonchev–Trinajstić information content (AvgIpc) is 4.17. The van der Waals surface area contributed by atoms with Crippen molar-refractivity contribution in [1.29, 1.82) is 21.0 Å². The lowest BCUT2D eigenvalue weighted by Crippen LogP contribution is -2.46. The van der Waals surface area contributed by atoms with Crippen LogP contribution in [0.5, 0.6) is 0 Å². The number of nitrogens with zero attached hydrogens (tertiary/aromatic N) is 6. The molecule has 0 spiro atoms. The fourth-order valence-corrected chi connectivity index (χ4v) is 12.6. The molecule has 2 aliphatic carbocycles. The van der Waals surface area contributed by atoms with Crippen molar-refractivity contribution in [3.05, 3.63) is 176 Å². The summed E-state index contributed by atoms with van der Waals surface area (Å²) in [5.74, 6) is -4.40. The number of hydrogen-bond acceptors (Lipinski definition) is 17. The van der Waals surface area contributed by atoms with Crippen molar-refractivity contribution in [1.82, 2.24) is 0 Å². The Hall–Kier alpha value is -8.84. The Bertz CT molecular complexity index is 3150. The van der Waals surface area contributed by atoms with Crippen molar-refractivity contribution >= 4 is 100 Å². The van der Waals surface area contributed by atoms with Crippen LogP contribution in [0.1, 0.15) is 43.1 Å². The molecule has 0 aliphatic heterocycles. The number of carbonyl (C=O) groups is 4. The highest BCUT2D eigenvalue weighted by atomic mass is 32.1. The molecule has 334 valence electrons. The van der Waals surface area contributed by atoms with Gasteiger partial charge < -0.3 is 18.9 Å². The molecular formula is C52H30N6O8S3. The number of benzene rings is 4. The second kappa shape index (κ2) is 19.2. The third-order valence-corrected chi connectivity index (χ3v) is 15.1. The van der Waals surface area contributed by atoms with Gasteiger partial charge in [-0.3, -0.25) is 19.2 Å². The first kappa shape index (κ1) is 45.3. The number of aliphatic imine (C=N–C) groups is 2. The summed E-state index contributed by atoms with van der Waals surface area (Å²) >= 11 is 3.39. The Kier molecular flexibility index (Phi) is 12.6. The molecule has 0 atom stereocenters. The number of rotatable bonds is 14. The number of carbonyl (C=O) groups excluding carboxylic acids is 4. The molecule has 0 amide bonds. The fraction of sp³-hybridized carbons (Fsp3) is 0.115. The van der Waals surface area contributed by atoms with Crippen molar-refractivity contribution < 1.29 is 38.1 Å². The maximum absolute atomic E-state index is 15.1. The first-order chi connectivity index (χ1) is 33.7. The molecule has 3 aromatic heterocycles. The van der Waals surface area contributed by atoms with Gasteiger partial charge in [-0.2, -0.15) is 21.0 Å². The van der Waals surface area contributed by atoms with E-state index in [4.69, 9.17) is 18.9 Å². The zero-order chi connectivity index (χ0) is 48.1. The van der Waals surface area contributed by atoms with Crippen molar-refractivity contribution in [2.75, 3.05) is 0 Å². The number of thiophene rings is 3. The van der Waals surface area contributed by atoms with Crippen molar-refractivity contribution in [3.63, 3.8) is 0 Å². The van der Waals surface area contributed by atoms with E-state index in [1.54, 1.807) is 146 Å². The Labute approximate surface area is 404 Å². The first-order valence-corrected chi connectivity index (χ1v) is 23.2. The monoisotopic (exact) mass is 962 g/mol. The number of esters is 4. The van der Waals surface area contributed by atoms with Gasteiger partial charge in [0.1, 0.15) is 50.7 Å². The molecule has 0 saturated heterocycles. The first-order valence-electron chi connectivity index (χ1n) is 20.8. The highest BCUT2D eigenvalue weighted by Gasteiger charge is 2.62. The number of ether oxygens (including phenoxy) is 4. The summed E-state index contributed by atoms with van der Waals surface area (Å²) in [5, 5.41) is 39.6. The van der Waals surface area contributed by atoms with Crippen LogP contribution in [0.2, 0.25) is 0 Å². The van der Waals surface area contributed by atoms with Crippen LogP contribution in [0, 0.1) is 45.3 Å². The lowest BCUT2D eigenvalue weighted by atomic mass is 9.80. The molecule has 69 heavy (non-hydrogen) atoms. The Morgan fingerprint density at radius 2 is 0.696 bits per heavy atom. The third-order valence-electron chi connectivity index (χ3n) is 11.2. The summed E-state index contributed by atoms with van der Waals surface area (Å²) in [6.45, 7) is -1.09. The van der Waals surface area contributed by atoms with Gasteiger partial charge in [0.05, 0.1) is 30.2 Å². The van der Waals surface area contributed by atoms with Gasteiger partial charge in [0.2, 0.25) is 22.3 Å². The SMILES string of the molecule is N#CC(C#N)=NC1=Cc2sc3c(sc4c5c(sc43)C=C(N=C(C#N)C#N)C5(C(=O)OCc3ccccc3)C(=O)OCc3ccccc3)c2C1(C(=O)OCc1ccccc1)C(=O)OCc1ccccc1.